The van der Waals surface area contributed by atoms with E-state index in [1.807, 2.05) is 6.92 Å². The molecule has 1 heterocycles. The molecule has 1 aromatic rings. The van der Waals surface area contributed by atoms with Crippen LogP contribution in [0.5, 0.6) is 0 Å². The van der Waals surface area contributed by atoms with Gasteiger partial charge in [-0.3, -0.25) is 0 Å². The van der Waals surface area contributed by atoms with E-state index in [-0.39, 0.29) is 17.5 Å². The molecular weight excluding hydrogens is 306 g/mol. The van der Waals surface area contributed by atoms with Gasteiger partial charge < -0.3 is 9.47 Å². The van der Waals surface area contributed by atoms with Gasteiger partial charge in [-0.15, -0.1) is 0 Å². The van der Waals surface area contributed by atoms with E-state index in [1.54, 1.807) is 18.2 Å². The number of carbonyl (C=O) groups excluding carboxylic acids is 2. The fourth-order valence-corrected chi connectivity index (χ4v) is 2.27. The maximum atomic E-state index is 12.3. The topological polar surface area (TPSA) is 65.5 Å². The number of unbranched alkanes of at least 4 members (excludes halogenated alkanes) is 2. The van der Waals surface area contributed by atoms with Crippen LogP contribution in [0.15, 0.2) is 18.2 Å². The Kier molecular flexibility index (Phi) is 9.73. The van der Waals surface area contributed by atoms with E-state index in [0.717, 1.165) is 44.9 Å². The van der Waals surface area contributed by atoms with Gasteiger partial charge in [-0.1, -0.05) is 52.5 Å². The first-order valence-corrected chi connectivity index (χ1v) is 8.97. The van der Waals surface area contributed by atoms with Gasteiger partial charge in [0.25, 0.3) is 0 Å². The van der Waals surface area contributed by atoms with E-state index in [9.17, 15) is 9.59 Å². The Labute approximate surface area is 144 Å². The highest BCUT2D eigenvalue weighted by Crippen LogP contribution is 2.14. The second-order valence-electron chi connectivity index (χ2n) is 5.86. The predicted molar refractivity (Wildman–Crippen MR) is 93.1 cm³/mol. The molecule has 1 unspecified atom stereocenters. The van der Waals surface area contributed by atoms with Crippen molar-refractivity contribution in [2.75, 3.05) is 6.61 Å². The normalized spacial score (nSPS) is 11.8. The van der Waals surface area contributed by atoms with Crippen LogP contribution in [-0.2, 0) is 9.47 Å². The van der Waals surface area contributed by atoms with Crippen molar-refractivity contribution in [2.45, 2.75) is 71.8 Å². The van der Waals surface area contributed by atoms with E-state index in [2.05, 4.69) is 18.8 Å². The van der Waals surface area contributed by atoms with Crippen molar-refractivity contribution in [1.29, 1.82) is 0 Å². The van der Waals surface area contributed by atoms with Crippen LogP contribution in [0.2, 0.25) is 0 Å². The van der Waals surface area contributed by atoms with Crippen LogP contribution in [0.4, 0.5) is 0 Å². The molecule has 1 rings (SSSR count). The van der Waals surface area contributed by atoms with Crippen LogP contribution in [0.25, 0.3) is 0 Å². The number of hydrogen-bond acceptors (Lipinski definition) is 5. The zero-order valence-corrected chi connectivity index (χ0v) is 15.0. The molecule has 0 saturated carbocycles. The summed E-state index contributed by atoms with van der Waals surface area (Å²) in [5, 5.41) is 0. The molecule has 5 nitrogen and oxygen atoms in total. The van der Waals surface area contributed by atoms with Gasteiger partial charge in [0.15, 0.2) is 0 Å². The van der Waals surface area contributed by atoms with Crippen molar-refractivity contribution >= 4 is 11.9 Å². The minimum Gasteiger partial charge on any atom is -0.461 e. The molecule has 24 heavy (non-hydrogen) atoms. The van der Waals surface area contributed by atoms with Crippen LogP contribution in [0.3, 0.4) is 0 Å². The molecule has 0 aliphatic carbocycles. The van der Waals surface area contributed by atoms with E-state index >= 15 is 0 Å². The number of ether oxygens (including phenoxy) is 2. The van der Waals surface area contributed by atoms with Gasteiger partial charge in [0, 0.05) is 0 Å². The van der Waals surface area contributed by atoms with E-state index in [0.29, 0.717) is 6.61 Å². The average molecular weight is 335 g/mol. The summed E-state index contributed by atoms with van der Waals surface area (Å²) in [4.78, 5) is 28.3. The lowest BCUT2D eigenvalue weighted by Gasteiger charge is -2.16. The molecule has 0 spiro atoms. The Balaban J connectivity index is 2.69. The van der Waals surface area contributed by atoms with Gasteiger partial charge >= 0.3 is 11.9 Å². The van der Waals surface area contributed by atoms with Crippen molar-refractivity contribution in [3.8, 4) is 0 Å². The molecule has 0 aliphatic rings. The monoisotopic (exact) mass is 335 g/mol. The fraction of sp³-hybridized carbons (Fsp3) is 0.632. The molecule has 1 atom stereocenters. The Hall–Kier alpha value is -1.91. The summed E-state index contributed by atoms with van der Waals surface area (Å²) in [6.45, 7) is 6.56. The van der Waals surface area contributed by atoms with Crippen molar-refractivity contribution in [3.63, 3.8) is 0 Å². The average Bonchev–Trinajstić information content (AvgIpc) is 2.60. The molecule has 0 amide bonds. The zero-order chi connectivity index (χ0) is 17.8. The van der Waals surface area contributed by atoms with Gasteiger partial charge in [-0.05, 0) is 31.4 Å². The molecule has 0 N–H and O–H groups in total. The number of carbonyl (C=O) groups is 2. The summed E-state index contributed by atoms with van der Waals surface area (Å²) in [6.07, 6.45) is 6.40. The fourth-order valence-electron chi connectivity index (χ4n) is 2.27. The third-order valence-electron chi connectivity index (χ3n) is 3.66. The Morgan fingerprint density at radius 1 is 0.958 bits per heavy atom. The summed E-state index contributed by atoms with van der Waals surface area (Å²) in [6, 6.07) is 4.74. The Morgan fingerprint density at radius 3 is 2.25 bits per heavy atom. The van der Waals surface area contributed by atoms with Crippen molar-refractivity contribution in [2.24, 2.45) is 0 Å². The van der Waals surface area contributed by atoms with Gasteiger partial charge in [0.05, 0.1) is 6.61 Å². The van der Waals surface area contributed by atoms with E-state index in [1.165, 1.54) is 0 Å². The van der Waals surface area contributed by atoms with Crippen LogP contribution < -0.4 is 0 Å². The smallest absolute Gasteiger partial charge is 0.357 e. The number of aromatic nitrogens is 1. The van der Waals surface area contributed by atoms with E-state index in [4.69, 9.17) is 9.47 Å². The van der Waals surface area contributed by atoms with Crippen LogP contribution >= 0.6 is 0 Å². The molecule has 0 fully saturated rings. The summed E-state index contributed by atoms with van der Waals surface area (Å²) in [5.74, 6) is -0.984. The van der Waals surface area contributed by atoms with E-state index < -0.39 is 11.9 Å². The minimum atomic E-state index is -0.505. The van der Waals surface area contributed by atoms with Crippen LogP contribution in [-0.4, -0.2) is 29.6 Å². The molecule has 5 heteroatoms. The van der Waals surface area contributed by atoms with Crippen LogP contribution in [0, 0.1) is 0 Å². The first-order chi connectivity index (χ1) is 11.6. The van der Waals surface area contributed by atoms with Gasteiger partial charge in [0.1, 0.15) is 17.5 Å². The number of pyridine rings is 1. The van der Waals surface area contributed by atoms with Crippen molar-refractivity contribution < 1.29 is 19.1 Å². The highest BCUT2D eigenvalue weighted by atomic mass is 16.5. The third-order valence-corrected chi connectivity index (χ3v) is 3.66. The maximum absolute atomic E-state index is 12.3. The standard InChI is InChI=1S/C19H29NO4/c1-4-7-11-15(10-6-3)24-19(22)17-13-9-12-16(20-17)18(21)23-14-8-5-2/h9,12-13,15H,4-8,10-11,14H2,1-3H3. The first kappa shape index (κ1) is 20.1. The van der Waals surface area contributed by atoms with Gasteiger partial charge in [0.2, 0.25) is 0 Å². The highest BCUT2D eigenvalue weighted by Gasteiger charge is 2.18. The largest absolute Gasteiger partial charge is 0.461 e. The molecule has 0 saturated heterocycles. The minimum absolute atomic E-state index is 0.0931. The molecule has 1 aromatic heterocycles. The quantitative estimate of drug-likeness (QED) is 0.438. The van der Waals surface area contributed by atoms with Crippen LogP contribution in [0.1, 0.15) is 86.7 Å². The highest BCUT2D eigenvalue weighted by molar-refractivity contribution is 5.91. The molecule has 134 valence electrons. The van der Waals surface area contributed by atoms with Gasteiger partial charge in [-0.2, -0.15) is 0 Å². The molecule has 0 aliphatic heterocycles. The number of nitrogens with zero attached hydrogens (tertiary/aromatic N) is 1. The summed E-state index contributed by atoms with van der Waals surface area (Å²) in [5.41, 5.74) is 0.290. The molecule has 0 radical (unpaired) electrons. The molecule has 0 aromatic carbocycles. The number of hydrogen-bond donors (Lipinski definition) is 0. The SMILES string of the molecule is CCCCOC(=O)c1cccc(C(=O)OC(CCC)CCCC)n1. The third kappa shape index (κ3) is 7.11. The van der Waals surface area contributed by atoms with Crippen molar-refractivity contribution in [1.82, 2.24) is 4.98 Å². The summed E-state index contributed by atoms with van der Waals surface area (Å²) in [7, 11) is 0. The lowest BCUT2D eigenvalue weighted by molar-refractivity contribution is 0.0247. The summed E-state index contributed by atoms with van der Waals surface area (Å²) < 4.78 is 10.7. The zero-order valence-electron chi connectivity index (χ0n) is 15.0. The maximum Gasteiger partial charge on any atom is 0.357 e. The lowest BCUT2D eigenvalue weighted by atomic mass is 10.1. The first-order valence-electron chi connectivity index (χ1n) is 8.97. The molecular formula is C19H29NO4. The Bertz CT molecular complexity index is 516. The summed E-state index contributed by atoms with van der Waals surface area (Å²) >= 11 is 0. The predicted octanol–water partition coefficient (Wildman–Crippen LogP) is 4.55. The number of esters is 2. The second kappa shape index (κ2) is 11.6. The molecule has 0 bridgehead atoms. The second-order valence-corrected chi connectivity index (χ2v) is 5.86. The van der Waals surface area contributed by atoms with Crippen molar-refractivity contribution in [3.05, 3.63) is 29.6 Å². The lowest BCUT2D eigenvalue weighted by Crippen LogP contribution is -2.20. The Morgan fingerprint density at radius 2 is 1.62 bits per heavy atom. The number of rotatable bonds is 11. The van der Waals surface area contributed by atoms with Gasteiger partial charge in [-0.25, -0.2) is 14.6 Å².